The first-order chi connectivity index (χ1) is 6.17. The number of carbonyl (C=O) groups is 1. The Bertz CT molecular complexity index is 364. The van der Waals surface area contributed by atoms with Crippen molar-refractivity contribution in [2.45, 2.75) is 18.5 Å². The summed E-state index contributed by atoms with van der Waals surface area (Å²) in [6, 6.07) is 5.93. The molecule has 0 fully saturated rings. The van der Waals surface area contributed by atoms with Gasteiger partial charge in [-0.3, -0.25) is 10.1 Å². The van der Waals surface area contributed by atoms with E-state index in [2.05, 4.69) is 5.32 Å². The first-order valence-corrected chi connectivity index (χ1v) is 4.54. The number of hydrogen-bond acceptors (Lipinski definition) is 2. The maximum atomic E-state index is 10.8. The number of rotatable bonds is 1. The molecule has 0 amide bonds. The van der Waals surface area contributed by atoms with Gasteiger partial charge in [0.25, 0.3) is 0 Å². The minimum atomic E-state index is -0.999. The number of hydrogen-bond donors (Lipinski definition) is 1. The lowest BCUT2D eigenvalue weighted by molar-refractivity contribution is -0.110. The molecule has 0 spiro atoms. The van der Waals surface area contributed by atoms with Crippen LogP contribution < -0.4 is 5.32 Å². The van der Waals surface area contributed by atoms with Crippen molar-refractivity contribution >= 4 is 17.9 Å². The van der Waals surface area contributed by atoms with Crippen molar-refractivity contribution in [1.29, 1.82) is 0 Å². The third-order valence-corrected chi connectivity index (χ3v) is 2.83. The summed E-state index contributed by atoms with van der Waals surface area (Å²) in [5, 5.41) is 2.99. The molecule has 1 aliphatic heterocycles. The van der Waals surface area contributed by atoms with Gasteiger partial charge in [0.1, 0.15) is 0 Å². The number of alkyl halides is 1. The Morgan fingerprint density at radius 3 is 3.08 bits per heavy atom. The average molecular weight is 196 g/mol. The summed E-state index contributed by atoms with van der Waals surface area (Å²) in [6.07, 6.45) is 0.757. The second-order valence-corrected chi connectivity index (χ2v) is 3.89. The Kier molecular flexibility index (Phi) is 1.90. The maximum absolute atomic E-state index is 10.8. The highest BCUT2D eigenvalue weighted by molar-refractivity contribution is 6.31. The van der Waals surface area contributed by atoms with E-state index >= 15 is 0 Å². The van der Waals surface area contributed by atoms with Gasteiger partial charge in [0.2, 0.25) is 0 Å². The van der Waals surface area contributed by atoms with Crippen molar-refractivity contribution < 1.29 is 4.79 Å². The second-order valence-electron chi connectivity index (χ2n) is 3.29. The summed E-state index contributed by atoms with van der Waals surface area (Å²) in [5.74, 6) is 0. The number of nitrogens with one attached hydrogen (secondary N) is 1. The molecule has 0 saturated heterocycles. The fourth-order valence-electron chi connectivity index (χ4n) is 1.81. The van der Waals surface area contributed by atoms with Gasteiger partial charge in [-0.1, -0.05) is 29.8 Å². The summed E-state index contributed by atoms with van der Waals surface area (Å²) in [7, 11) is 0. The smallest absolute Gasteiger partial charge is 0.176 e. The van der Waals surface area contributed by atoms with Gasteiger partial charge >= 0.3 is 0 Å². The van der Waals surface area contributed by atoms with E-state index in [-0.39, 0.29) is 0 Å². The van der Waals surface area contributed by atoms with Crippen molar-refractivity contribution in [1.82, 2.24) is 5.32 Å². The molecule has 13 heavy (non-hydrogen) atoms. The molecule has 0 bridgehead atoms. The monoisotopic (exact) mass is 195 g/mol. The number of benzene rings is 1. The molecule has 0 aliphatic carbocycles. The van der Waals surface area contributed by atoms with Crippen LogP contribution in [-0.2, 0) is 16.3 Å². The molecule has 2 nitrogen and oxygen atoms in total. The topological polar surface area (TPSA) is 29.1 Å². The van der Waals surface area contributed by atoms with Crippen molar-refractivity contribution in [3.8, 4) is 0 Å². The molecule has 1 aromatic rings. The highest BCUT2D eigenvalue weighted by Crippen LogP contribution is 2.35. The van der Waals surface area contributed by atoms with Crippen LogP contribution in [0.25, 0.3) is 0 Å². The molecule has 3 heteroatoms. The van der Waals surface area contributed by atoms with Crippen LogP contribution in [0.3, 0.4) is 0 Å². The van der Waals surface area contributed by atoms with Crippen molar-refractivity contribution in [2.75, 3.05) is 0 Å². The van der Waals surface area contributed by atoms with E-state index < -0.39 is 5.00 Å². The molecule has 1 aliphatic rings. The predicted molar refractivity (Wildman–Crippen MR) is 51.6 cm³/mol. The molecular formula is C10H10ClNO. The highest BCUT2D eigenvalue weighted by atomic mass is 35.5. The van der Waals surface area contributed by atoms with Crippen LogP contribution >= 0.6 is 11.6 Å². The minimum absolute atomic E-state index is 0.666. The Balaban J connectivity index is 2.64. The molecule has 1 aromatic carbocycles. The van der Waals surface area contributed by atoms with E-state index in [1.54, 1.807) is 0 Å². The standard InChI is InChI=1S/C10H10ClNO/c1-7-3-2-4-8-5-12-10(11,6-13)9(7)8/h2-4,6,12H,5H2,1H3. The lowest BCUT2D eigenvalue weighted by Gasteiger charge is -2.16. The van der Waals surface area contributed by atoms with Gasteiger partial charge in [-0.2, -0.15) is 0 Å². The van der Waals surface area contributed by atoms with Crippen LogP contribution in [0.4, 0.5) is 0 Å². The zero-order valence-corrected chi connectivity index (χ0v) is 8.06. The molecule has 1 unspecified atom stereocenters. The SMILES string of the molecule is Cc1cccc2c1C(Cl)(C=O)NC2. The molecule has 0 saturated carbocycles. The van der Waals surface area contributed by atoms with Crippen LogP contribution in [0.5, 0.6) is 0 Å². The van der Waals surface area contributed by atoms with Crippen molar-refractivity contribution in [3.05, 3.63) is 34.9 Å². The van der Waals surface area contributed by atoms with Crippen LogP contribution in [0.15, 0.2) is 18.2 Å². The predicted octanol–water partition coefficient (Wildman–Crippen LogP) is 1.69. The zero-order chi connectivity index (χ0) is 9.47. The molecule has 0 aromatic heterocycles. The summed E-state index contributed by atoms with van der Waals surface area (Å²) in [4.78, 5) is 9.85. The number of aldehydes is 1. The summed E-state index contributed by atoms with van der Waals surface area (Å²) < 4.78 is 0. The molecule has 68 valence electrons. The first kappa shape index (κ1) is 8.73. The van der Waals surface area contributed by atoms with Crippen molar-refractivity contribution in [3.63, 3.8) is 0 Å². The Labute approximate surface area is 81.9 Å². The van der Waals surface area contributed by atoms with Gasteiger partial charge in [-0.05, 0) is 18.1 Å². The van der Waals surface area contributed by atoms with Crippen LogP contribution in [0.2, 0.25) is 0 Å². The Hall–Kier alpha value is -0.860. The van der Waals surface area contributed by atoms with Gasteiger partial charge in [0.05, 0.1) is 0 Å². The van der Waals surface area contributed by atoms with Crippen LogP contribution in [-0.4, -0.2) is 6.29 Å². The van der Waals surface area contributed by atoms with Gasteiger partial charge in [0.15, 0.2) is 11.3 Å². The fourth-order valence-corrected chi connectivity index (χ4v) is 2.15. The van der Waals surface area contributed by atoms with E-state index in [0.717, 1.165) is 23.0 Å². The van der Waals surface area contributed by atoms with E-state index in [9.17, 15) is 4.79 Å². The highest BCUT2D eigenvalue weighted by Gasteiger charge is 2.37. The number of fused-ring (bicyclic) bond motifs is 1. The number of halogens is 1. The average Bonchev–Trinajstić information content (AvgIpc) is 2.47. The molecule has 0 radical (unpaired) electrons. The zero-order valence-electron chi connectivity index (χ0n) is 7.30. The lowest BCUT2D eigenvalue weighted by Crippen LogP contribution is -2.32. The Morgan fingerprint density at radius 1 is 1.62 bits per heavy atom. The second kappa shape index (κ2) is 2.82. The summed E-state index contributed by atoms with van der Waals surface area (Å²) in [5.41, 5.74) is 3.10. The largest absolute Gasteiger partial charge is 0.299 e. The summed E-state index contributed by atoms with van der Waals surface area (Å²) >= 11 is 6.11. The van der Waals surface area contributed by atoms with Gasteiger partial charge < -0.3 is 0 Å². The lowest BCUT2D eigenvalue weighted by atomic mass is 10.00. The molecule has 1 atom stereocenters. The Morgan fingerprint density at radius 2 is 2.38 bits per heavy atom. The van der Waals surface area contributed by atoms with Gasteiger partial charge in [-0.15, -0.1) is 0 Å². The van der Waals surface area contributed by atoms with Crippen molar-refractivity contribution in [2.24, 2.45) is 0 Å². The van der Waals surface area contributed by atoms with E-state index in [1.165, 1.54) is 0 Å². The fraction of sp³-hybridized carbons (Fsp3) is 0.300. The minimum Gasteiger partial charge on any atom is -0.299 e. The molecule has 2 rings (SSSR count). The van der Waals surface area contributed by atoms with Crippen LogP contribution in [0.1, 0.15) is 16.7 Å². The maximum Gasteiger partial charge on any atom is 0.176 e. The van der Waals surface area contributed by atoms with E-state index in [1.807, 2.05) is 25.1 Å². The molecule has 1 heterocycles. The third kappa shape index (κ3) is 1.18. The van der Waals surface area contributed by atoms with Crippen LogP contribution in [0, 0.1) is 6.92 Å². The number of aryl methyl sites for hydroxylation is 1. The van der Waals surface area contributed by atoms with E-state index in [4.69, 9.17) is 11.6 Å². The molecular weight excluding hydrogens is 186 g/mol. The van der Waals surface area contributed by atoms with Gasteiger partial charge in [-0.25, -0.2) is 0 Å². The summed E-state index contributed by atoms with van der Waals surface area (Å²) in [6.45, 7) is 2.63. The number of carbonyl (C=O) groups excluding carboxylic acids is 1. The quantitative estimate of drug-likeness (QED) is 0.420. The first-order valence-electron chi connectivity index (χ1n) is 4.16. The third-order valence-electron chi connectivity index (χ3n) is 2.42. The van der Waals surface area contributed by atoms with E-state index in [0.29, 0.717) is 6.54 Å². The normalized spacial score (nSPS) is 25.7. The molecule has 1 N–H and O–H groups in total. The van der Waals surface area contributed by atoms with Gasteiger partial charge in [0, 0.05) is 12.1 Å².